The van der Waals surface area contributed by atoms with Gasteiger partial charge in [-0.15, -0.1) is 0 Å². The quantitative estimate of drug-likeness (QED) is 0.683. The molecule has 0 bridgehead atoms. The predicted octanol–water partition coefficient (Wildman–Crippen LogP) is 2.25. The molecule has 28 heavy (non-hydrogen) atoms. The lowest BCUT2D eigenvalue weighted by atomic mass is 9.97. The number of nitrogens with zero attached hydrogens (tertiary/aromatic N) is 1. The van der Waals surface area contributed by atoms with Crippen LogP contribution in [0.3, 0.4) is 0 Å². The summed E-state index contributed by atoms with van der Waals surface area (Å²) in [6.45, 7) is 5.23. The number of aliphatic hydroxyl groups is 1. The molecule has 1 amide bonds. The van der Waals surface area contributed by atoms with Crippen LogP contribution in [-0.4, -0.2) is 57.1 Å². The van der Waals surface area contributed by atoms with Crippen LogP contribution in [0.1, 0.15) is 49.9 Å². The third-order valence-corrected chi connectivity index (χ3v) is 7.23. The van der Waals surface area contributed by atoms with Crippen molar-refractivity contribution in [2.24, 2.45) is 11.8 Å². The Balaban J connectivity index is 2.26. The van der Waals surface area contributed by atoms with Crippen LogP contribution in [-0.2, 0) is 10.0 Å². The largest absolute Gasteiger partial charge is 0.495 e. The van der Waals surface area contributed by atoms with E-state index in [2.05, 4.69) is 5.32 Å². The number of benzene rings is 1. The van der Waals surface area contributed by atoms with Gasteiger partial charge in [-0.2, -0.15) is 4.31 Å². The summed E-state index contributed by atoms with van der Waals surface area (Å²) in [6, 6.07) is 4.46. The summed E-state index contributed by atoms with van der Waals surface area (Å²) in [7, 11) is -2.32. The third-order valence-electron chi connectivity index (χ3n) is 5.31. The van der Waals surface area contributed by atoms with Gasteiger partial charge in [0, 0.05) is 37.7 Å². The Morgan fingerprint density at radius 3 is 2.39 bits per heavy atom. The first-order chi connectivity index (χ1) is 13.3. The Morgan fingerprint density at radius 1 is 1.21 bits per heavy atom. The highest BCUT2D eigenvalue weighted by atomic mass is 32.2. The summed E-state index contributed by atoms with van der Waals surface area (Å²) >= 11 is 0. The van der Waals surface area contributed by atoms with E-state index in [-0.39, 0.29) is 40.6 Å². The lowest BCUT2D eigenvalue weighted by molar-refractivity contribution is 0.0931. The molecule has 0 aromatic heterocycles. The van der Waals surface area contributed by atoms with Gasteiger partial charge < -0.3 is 15.2 Å². The van der Waals surface area contributed by atoms with Crippen molar-refractivity contribution < 1.29 is 23.1 Å². The van der Waals surface area contributed by atoms with Crippen molar-refractivity contribution >= 4 is 15.9 Å². The zero-order chi connectivity index (χ0) is 20.7. The van der Waals surface area contributed by atoms with Crippen molar-refractivity contribution in [1.29, 1.82) is 0 Å². The fourth-order valence-corrected chi connectivity index (χ4v) is 4.98. The van der Waals surface area contributed by atoms with E-state index in [0.29, 0.717) is 19.6 Å². The normalized spacial score (nSPS) is 17.2. The van der Waals surface area contributed by atoms with Crippen LogP contribution in [0.25, 0.3) is 0 Å². The summed E-state index contributed by atoms with van der Waals surface area (Å²) in [6.07, 6.45) is 3.71. The molecule has 0 unspecified atom stereocenters. The first kappa shape index (κ1) is 22.6. The maximum atomic E-state index is 13.2. The van der Waals surface area contributed by atoms with E-state index < -0.39 is 10.0 Å². The van der Waals surface area contributed by atoms with Gasteiger partial charge in [-0.25, -0.2) is 8.42 Å². The second-order valence-corrected chi connectivity index (χ2v) is 9.49. The Hall–Kier alpha value is -1.64. The fourth-order valence-electron chi connectivity index (χ4n) is 3.28. The molecule has 0 saturated carbocycles. The van der Waals surface area contributed by atoms with Crippen molar-refractivity contribution in [3.05, 3.63) is 23.8 Å². The van der Waals surface area contributed by atoms with Crippen LogP contribution in [0.15, 0.2) is 23.1 Å². The molecular formula is C20H32N2O5S. The van der Waals surface area contributed by atoms with Crippen molar-refractivity contribution in [2.75, 3.05) is 33.4 Å². The van der Waals surface area contributed by atoms with E-state index in [4.69, 9.17) is 4.74 Å². The topological polar surface area (TPSA) is 95.9 Å². The van der Waals surface area contributed by atoms with E-state index in [9.17, 15) is 18.3 Å². The highest BCUT2D eigenvalue weighted by Crippen LogP contribution is 2.29. The lowest BCUT2D eigenvalue weighted by Crippen LogP contribution is -2.34. The Bertz CT molecular complexity index is 756. The van der Waals surface area contributed by atoms with Crippen molar-refractivity contribution in [3.8, 4) is 5.75 Å². The Labute approximate surface area is 168 Å². The first-order valence-corrected chi connectivity index (χ1v) is 11.3. The Kier molecular flexibility index (Phi) is 8.27. The van der Waals surface area contributed by atoms with Gasteiger partial charge in [-0.3, -0.25) is 4.79 Å². The predicted molar refractivity (Wildman–Crippen MR) is 108 cm³/mol. The molecule has 7 nitrogen and oxygen atoms in total. The number of carbonyl (C=O) groups excluding carboxylic acids is 1. The Morgan fingerprint density at radius 2 is 1.86 bits per heavy atom. The minimum atomic E-state index is -3.75. The van der Waals surface area contributed by atoms with E-state index in [0.717, 1.165) is 25.7 Å². The standard InChI is InChI=1S/C20H32N2O5S/c1-15(2)17(14-23)13-21-20(24)16-8-9-18(27-3)19(12-16)28(25,26)22-10-6-4-5-7-11-22/h8-9,12,15,17,23H,4-7,10-11,13-14H2,1-3H3,(H,21,24)/t17-/m0/s1. The number of amides is 1. The number of methoxy groups -OCH3 is 1. The van der Waals surface area contributed by atoms with Crippen LogP contribution < -0.4 is 10.1 Å². The van der Waals surface area contributed by atoms with E-state index in [1.54, 1.807) is 6.07 Å². The van der Waals surface area contributed by atoms with Gasteiger partial charge in [-0.1, -0.05) is 26.7 Å². The van der Waals surface area contributed by atoms with Gasteiger partial charge in [0.2, 0.25) is 10.0 Å². The molecule has 1 aliphatic heterocycles. The summed E-state index contributed by atoms with van der Waals surface area (Å²) in [5, 5.41) is 12.2. The molecule has 1 fully saturated rings. The van der Waals surface area contributed by atoms with Crippen molar-refractivity contribution in [2.45, 2.75) is 44.4 Å². The minimum Gasteiger partial charge on any atom is -0.495 e. The zero-order valence-corrected chi connectivity index (χ0v) is 17.8. The zero-order valence-electron chi connectivity index (χ0n) is 17.0. The number of sulfonamides is 1. The second kappa shape index (κ2) is 10.2. The van der Waals surface area contributed by atoms with E-state index >= 15 is 0 Å². The average molecular weight is 413 g/mol. The van der Waals surface area contributed by atoms with Crippen LogP contribution in [0.4, 0.5) is 0 Å². The number of hydrogen-bond acceptors (Lipinski definition) is 5. The summed E-state index contributed by atoms with van der Waals surface area (Å²) < 4.78 is 33.1. The van der Waals surface area contributed by atoms with Gasteiger partial charge in [0.05, 0.1) is 7.11 Å². The molecule has 8 heteroatoms. The highest BCUT2D eigenvalue weighted by molar-refractivity contribution is 7.89. The van der Waals surface area contributed by atoms with E-state index in [1.165, 1.54) is 23.5 Å². The number of rotatable bonds is 8. The summed E-state index contributed by atoms with van der Waals surface area (Å²) in [4.78, 5) is 12.6. The molecule has 0 spiro atoms. The van der Waals surface area contributed by atoms with Gasteiger partial charge in [-0.05, 0) is 37.0 Å². The molecule has 1 atom stereocenters. The van der Waals surface area contributed by atoms with Crippen molar-refractivity contribution in [3.63, 3.8) is 0 Å². The second-order valence-electron chi connectivity index (χ2n) is 7.58. The number of aliphatic hydroxyl groups excluding tert-OH is 1. The van der Waals surface area contributed by atoms with Crippen LogP contribution in [0, 0.1) is 11.8 Å². The minimum absolute atomic E-state index is 0.0187. The van der Waals surface area contributed by atoms with Gasteiger partial charge >= 0.3 is 0 Å². The molecule has 1 aromatic rings. The first-order valence-electron chi connectivity index (χ1n) is 9.88. The van der Waals surface area contributed by atoms with Crippen LogP contribution >= 0.6 is 0 Å². The molecular weight excluding hydrogens is 380 g/mol. The summed E-state index contributed by atoms with van der Waals surface area (Å²) in [5.74, 6) is 0.0351. The third kappa shape index (κ3) is 5.46. The van der Waals surface area contributed by atoms with Gasteiger partial charge in [0.15, 0.2) is 0 Å². The molecule has 2 rings (SSSR count). The smallest absolute Gasteiger partial charge is 0.251 e. The van der Waals surface area contributed by atoms with E-state index in [1.807, 2.05) is 13.8 Å². The maximum absolute atomic E-state index is 13.2. The molecule has 0 aliphatic carbocycles. The molecule has 1 heterocycles. The molecule has 1 aliphatic rings. The molecule has 2 N–H and O–H groups in total. The summed E-state index contributed by atoms with van der Waals surface area (Å²) in [5.41, 5.74) is 0.259. The fraction of sp³-hybridized carbons (Fsp3) is 0.650. The van der Waals surface area contributed by atoms with Crippen LogP contribution in [0.5, 0.6) is 5.75 Å². The van der Waals surface area contributed by atoms with Gasteiger partial charge in [0.1, 0.15) is 10.6 Å². The highest BCUT2D eigenvalue weighted by Gasteiger charge is 2.29. The molecule has 1 aromatic carbocycles. The SMILES string of the molecule is COc1ccc(C(=O)NC[C@@H](CO)C(C)C)cc1S(=O)(=O)N1CCCCCC1. The number of nitrogens with one attached hydrogen (secondary N) is 1. The number of hydrogen-bond donors (Lipinski definition) is 2. The van der Waals surface area contributed by atoms with Gasteiger partial charge in [0.25, 0.3) is 5.91 Å². The number of carbonyl (C=O) groups is 1. The molecule has 0 radical (unpaired) electrons. The number of ether oxygens (including phenoxy) is 1. The lowest BCUT2D eigenvalue weighted by Gasteiger charge is -2.22. The van der Waals surface area contributed by atoms with Crippen molar-refractivity contribution in [1.82, 2.24) is 9.62 Å². The molecule has 158 valence electrons. The monoisotopic (exact) mass is 412 g/mol. The average Bonchev–Trinajstić information content (AvgIpc) is 2.97. The van der Waals surface area contributed by atoms with Crippen LogP contribution in [0.2, 0.25) is 0 Å². The molecule has 1 saturated heterocycles. The maximum Gasteiger partial charge on any atom is 0.251 e.